The molecule has 1 aliphatic rings. The molecule has 21 heavy (non-hydrogen) atoms. The molecule has 0 saturated carbocycles. The minimum absolute atomic E-state index is 0. The lowest BCUT2D eigenvalue weighted by molar-refractivity contribution is -0.134. The van der Waals surface area contributed by atoms with Crippen LogP contribution in [0.5, 0.6) is 0 Å². The lowest BCUT2D eigenvalue weighted by atomic mass is 10.1. The van der Waals surface area contributed by atoms with Crippen molar-refractivity contribution in [2.45, 2.75) is 12.5 Å². The van der Waals surface area contributed by atoms with E-state index >= 15 is 0 Å². The van der Waals surface area contributed by atoms with Crippen molar-refractivity contribution in [1.29, 1.82) is 0 Å². The van der Waals surface area contributed by atoms with Crippen LogP contribution in [0.15, 0.2) is 30.3 Å². The molecule has 1 aromatic carbocycles. The number of carbonyl (C=O) groups is 1. The van der Waals surface area contributed by atoms with Crippen LogP contribution in [-0.2, 0) is 11.2 Å². The van der Waals surface area contributed by atoms with Crippen LogP contribution in [0.2, 0.25) is 0 Å². The predicted octanol–water partition coefficient (Wildman–Crippen LogP) is 0.115. The van der Waals surface area contributed by atoms with Crippen LogP contribution < -0.4 is 5.73 Å². The summed E-state index contributed by atoms with van der Waals surface area (Å²) in [5.74, 6) is 0.0255. The summed E-state index contributed by atoms with van der Waals surface area (Å²) in [6, 6.07) is 9.39. The Morgan fingerprint density at radius 1 is 1.19 bits per heavy atom. The lowest BCUT2D eigenvalue weighted by Gasteiger charge is -2.35. The van der Waals surface area contributed by atoms with Gasteiger partial charge in [-0.15, -0.1) is 12.4 Å². The summed E-state index contributed by atoms with van der Waals surface area (Å²) in [4.78, 5) is 16.3. The number of rotatable bonds is 5. The largest absolute Gasteiger partial charge is 0.395 e. The molecule has 0 aliphatic carbocycles. The van der Waals surface area contributed by atoms with E-state index in [1.807, 2.05) is 35.2 Å². The third-order valence-electron chi connectivity index (χ3n) is 3.72. The Bertz CT molecular complexity index is 422. The fourth-order valence-corrected chi connectivity index (χ4v) is 2.52. The molecule has 1 fully saturated rings. The Hall–Kier alpha value is -1.14. The number of halogens is 1. The van der Waals surface area contributed by atoms with E-state index in [-0.39, 0.29) is 24.9 Å². The minimum atomic E-state index is -0.471. The Morgan fingerprint density at radius 2 is 1.81 bits per heavy atom. The molecule has 1 atom stereocenters. The number of hydrogen-bond acceptors (Lipinski definition) is 4. The highest BCUT2D eigenvalue weighted by Gasteiger charge is 2.24. The molecule has 0 aromatic heterocycles. The van der Waals surface area contributed by atoms with Gasteiger partial charge in [-0.05, 0) is 12.0 Å². The minimum Gasteiger partial charge on any atom is -0.395 e. The average molecular weight is 314 g/mol. The maximum atomic E-state index is 12.3. The number of aliphatic hydroxyl groups is 1. The lowest BCUT2D eigenvalue weighted by Crippen LogP contribution is -2.53. The van der Waals surface area contributed by atoms with Gasteiger partial charge in [0.1, 0.15) is 0 Å². The van der Waals surface area contributed by atoms with Gasteiger partial charge in [0.25, 0.3) is 0 Å². The summed E-state index contributed by atoms with van der Waals surface area (Å²) >= 11 is 0. The molecule has 1 aromatic rings. The molecule has 1 heterocycles. The molecular formula is C15H24ClN3O2. The number of nitrogens with zero attached hydrogens (tertiary/aromatic N) is 2. The fraction of sp³-hybridized carbons (Fsp3) is 0.533. The van der Waals surface area contributed by atoms with Crippen molar-refractivity contribution < 1.29 is 9.90 Å². The molecule has 1 aliphatic heterocycles. The summed E-state index contributed by atoms with van der Waals surface area (Å²) in [5, 5.41) is 8.90. The van der Waals surface area contributed by atoms with Gasteiger partial charge in [0, 0.05) is 32.7 Å². The summed E-state index contributed by atoms with van der Waals surface area (Å²) in [6.45, 7) is 3.86. The van der Waals surface area contributed by atoms with E-state index in [0.717, 1.165) is 18.7 Å². The SMILES string of the molecule is Cl.N[C@@H](Cc1ccccc1)C(=O)N1CCN(CCO)CC1. The molecule has 2 rings (SSSR count). The first-order valence-electron chi connectivity index (χ1n) is 7.12. The summed E-state index contributed by atoms with van der Waals surface area (Å²) in [5.41, 5.74) is 7.12. The summed E-state index contributed by atoms with van der Waals surface area (Å²) in [7, 11) is 0. The highest BCUT2D eigenvalue weighted by molar-refractivity contribution is 5.85. The highest BCUT2D eigenvalue weighted by Crippen LogP contribution is 2.07. The first-order valence-corrected chi connectivity index (χ1v) is 7.12. The molecule has 0 radical (unpaired) electrons. The number of nitrogens with two attached hydrogens (primary N) is 1. The van der Waals surface area contributed by atoms with Crippen molar-refractivity contribution in [3.63, 3.8) is 0 Å². The van der Waals surface area contributed by atoms with Crippen LogP contribution in [0.25, 0.3) is 0 Å². The molecule has 0 unspecified atom stereocenters. The van der Waals surface area contributed by atoms with E-state index in [0.29, 0.717) is 26.1 Å². The zero-order valence-corrected chi connectivity index (χ0v) is 13.0. The Kier molecular flexibility index (Phi) is 7.67. The van der Waals surface area contributed by atoms with E-state index in [1.165, 1.54) is 0 Å². The maximum absolute atomic E-state index is 12.3. The number of amides is 1. The average Bonchev–Trinajstić information content (AvgIpc) is 2.48. The fourth-order valence-electron chi connectivity index (χ4n) is 2.52. The topological polar surface area (TPSA) is 69.8 Å². The van der Waals surface area contributed by atoms with E-state index < -0.39 is 6.04 Å². The number of carbonyl (C=O) groups excluding carboxylic acids is 1. The van der Waals surface area contributed by atoms with Crippen LogP contribution in [0.4, 0.5) is 0 Å². The van der Waals surface area contributed by atoms with Crippen molar-refractivity contribution in [2.24, 2.45) is 5.73 Å². The third kappa shape index (κ3) is 5.28. The second kappa shape index (κ2) is 9.00. The number of β-amino-alcohol motifs (C(OH)–C–C–N with tert-alkyl or cyclic N) is 1. The molecular weight excluding hydrogens is 290 g/mol. The van der Waals surface area contributed by atoms with Gasteiger partial charge in [-0.25, -0.2) is 0 Å². The molecule has 118 valence electrons. The molecule has 1 amide bonds. The standard InChI is InChI=1S/C15H23N3O2.ClH/c16-14(12-13-4-2-1-3-5-13)15(20)18-8-6-17(7-9-18)10-11-19;/h1-5,14,19H,6-12,16H2;1H/t14-;/m0./s1. The van der Waals surface area contributed by atoms with Crippen LogP contribution in [0.3, 0.4) is 0 Å². The quantitative estimate of drug-likeness (QED) is 0.810. The second-order valence-corrected chi connectivity index (χ2v) is 5.19. The number of hydrogen-bond donors (Lipinski definition) is 2. The van der Waals surface area contributed by atoms with Gasteiger partial charge >= 0.3 is 0 Å². The molecule has 0 bridgehead atoms. The number of benzene rings is 1. The van der Waals surface area contributed by atoms with Gasteiger partial charge in [0.2, 0.25) is 5.91 Å². The van der Waals surface area contributed by atoms with Crippen molar-refractivity contribution in [3.8, 4) is 0 Å². The van der Waals surface area contributed by atoms with Gasteiger partial charge in [0.05, 0.1) is 12.6 Å². The van der Waals surface area contributed by atoms with Crippen LogP contribution in [0, 0.1) is 0 Å². The molecule has 3 N–H and O–H groups in total. The van der Waals surface area contributed by atoms with Crippen LogP contribution in [-0.4, -0.2) is 66.2 Å². The van der Waals surface area contributed by atoms with Crippen molar-refractivity contribution in [3.05, 3.63) is 35.9 Å². The molecule has 6 heteroatoms. The Labute approximate surface area is 132 Å². The van der Waals surface area contributed by atoms with Crippen molar-refractivity contribution >= 4 is 18.3 Å². The summed E-state index contributed by atoms with van der Waals surface area (Å²) < 4.78 is 0. The van der Waals surface area contributed by atoms with E-state index in [9.17, 15) is 4.79 Å². The number of aliphatic hydroxyl groups excluding tert-OH is 1. The normalized spacial score (nSPS) is 17.1. The van der Waals surface area contributed by atoms with Gasteiger partial charge in [-0.3, -0.25) is 9.69 Å². The summed E-state index contributed by atoms with van der Waals surface area (Å²) in [6.07, 6.45) is 0.580. The zero-order valence-electron chi connectivity index (χ0n) is 12.1. The van der Waals surface area contributed by atoms with E-state index in [4.69, 9.17) is 10.8 Å². The predicted molar refractivity (Wildman–Crippen MR) is 85.5 cm³/mol. The second-order valence-electron chi connectivity index (χ2n) is 5.19. The smallest absolute Gasteiger partial charge is 0.239 e. The first-order chi connectivity index (χ1) is 9.70. The monoisotopic (exact) mass is 313 g/mol. The number of piperazine rings is 1. The van der Waals surface area contributed by atoms with Gasteiger partial charge in [-0.1, -0.05) is 30.3 Å². The Balaban J connectivity index is 0.00000220. The zero-order chi connectivity index (χ0) is 14.4. The molecule has 1 saturated heterocycles. The van der Waals surface area contributed by atoms with E-state index in [1.54, 1.807) is 0 Å². The Morgan fingerprint density at radius 3 is 2.38 bits per heavy atom. The van der Waals surface area contributed by atoms with Crippen LogP contribution >= 0.6 is 12.4 Å². The van der Waals surface area contributed by atoms with Gasteiger partial charge in [0.15, 0.2) is 0 Å². The maximum Gasteiger partial charge on any atom is 0.239 e. The van der Waals surface area contributed by atoms with Crippen molar-refractivity contribution in [1.82, 2.24) is 9.80 Å². The first kappa shape index (κ1) is 17.9. The van der Waals surface area contributed by atoms with E-state index in [2.05, 4.69) is 4.90 Å². The van der Waals surface area contributed by atoms with Gasteiger partial charge < -0.3 is 15.7 Å². The van der Waals surface area contributed by atoms with Crippen molar-refractivity contribution in [2.75, 3.05) is 39.3 Å². The van der Waals surface area contributed by atoms with Gasteiger partial charge in [-0.2, -0.15) is 0 Å². The van der Waals surface area contributed by atoms with Crippen LogP contribution in [0.1, 0.15) is 5.56 Å². The molecule has 0 spiro atoms. The molecule has 5 nitrogen and oxygen atoms in total. The third-order valence-corrected chi connectivity index (χ3v) is 3.72. The highest BCUT2D eigenvalue weighted by atomic mass is 35.5.